The second kappa shape index (κ2) is 19.4. The Bertz CT molecular complexity index is 3160. The first-order chi connectivity index (χ1) is 34.3. The highest BCUT2D eigenvalue weighted by Crippen LogP contribution is 2.30. The SMILES string of the molecule is CN1CCN(C2CCN(C(=O)c3cc4cc(Nc5nccc(-c6ccccn6)n5)ccc4[nH]3)CC2)C1=O.O=C(c1cc2cc(Nc3nccc(-c4ccccn4)n3)ccc2[nH]1)N1CCN(C2CC2)CC1. The largest absolute Gasteiger partial charge is 0.351 e. The Hall–Kier alpha value is -8.25. The van der Waals surface area contributed by atoms with E-state index < -0.39 is 0 Å². The molecule has 0 bridgehead atoms. The van der Waals surface area contributed by atoms with Crippen LogP contribution < -0.4 is 10.6 Å². The van der Waals surface area contributed by atoms with E-state index >= 15 is 0 Å². The molecule has 1 aliphatic carbocycles. The summed E-state index contributed by atoms with van der Waals surface area (Å²) >= 11 is 0. The van der Waals surface area contributed by atoms with Crippen LogP contribution in [0.5, 0.6) is 0 Å². The summed E-state index contributed by atoms with van der Waals surface area (Å²) in [7, 11) is 1.84. The number of hydrogen-bond donors (Lipinski definition) is 4. The van der Waals surface area contributed by atoms with E-state index in [9.17, 15) is 14.4 Å². The molecule has 0 radical (unpaired) electrons. The molecule has 4 N–H and O–H groups in total. The zero-order chi connectivity index (χ0) is 47.6. The minimum absolute atomic E-state index is 0.0135. The number of benzene rings is 2. The van der Waals surface area contributed by atoms with Gasteiger partial charge in [0.15, 0.2) is 0 Å². The summed E-state index contributed by atoms with van der Waals surface area (Å²) in [5, 5.41) is 8.41. The van der Waals surface area contributed by atoms with Crippen molar-refractivity contribution in [2.24, 2.45) is 0 Å². The van der Waals surface area contributed by atoms with E-state index in [-0.39, 0.29) is 23.9 Å². The van der Waals surface area contributed by atoms with Crippen molar-refractivity contribution in [3.05, 3.63) is 133 Å². The summed E-state index contributed by atoms with van der Waals surface area (Å²) in [5.41, 5.74) is 7.77. The third-order valence-electron chi connectivity index (χ3n) is 13.5. The maximum absolute atomic E-state index is 13.2. The molecule has 3 saturated heterocycles. The summed E-state index contributed by atoms with van der Waals surface area (Å²) in [6.45, 7) is 6.36. The number of anilines is 4. The first-order valence-electron chi connectivity index (χ1n) is 23.9. The summed E-state index contributed by atoms with van der Waals surface area (Å²) in [6, 6.07) is 31.8. The predicted octanol–water partition coefficient (Wildman–Crippen LogP) is 7.42. The second-order valence-corrected chi connectivity index (χ2v) is 18.2. The van der Waals surface area contributed by atoms with Crippen molar-refractivity contribution in [3.8, 4) is 22.8 Å². The van der Waals surface area contributed by atoms with E-state index in [0.717, 1.165) is 114 Å². The number of likely N-dealkylation sites (tertiary alicyclic amines) is 1. The van der Waals surface area contributed by atoms with Gasteiger partial charge < -0.3 is 40.2 Å². The van der Waals surface area contributed by atoms with Crippen LogP contribution in [0.15, 0.2) is 122 Å². The molecule has 4 fully saturated rings. The molecule has 8 aromatic rings. The van der Waals surface area contributed by atoms with Crippen molar-refractivity contribution < 1.29 is 14.4 Å². The normalized spacial score (nSPS) is 16.7. The first-order valence-corrected chi connectivity index (χ1v) is 23.9. The number of carbonyl (C=O) groups excluding carboxylic acids is 3. The summed E-state index contributed by atoms with van der Waals surface area (Å²) in [5.74, 6) is 1.03. The number of rotatable bonds is 10. The number of piperazine rings is 1. The number of aromatic nitrogens is 8. The zero-order valence-electron chi connectivity index (χ0n) is 38.8. The number of piperidine rings is 1. The van der Waals surface area contributed by atoms with Crippen molar-refractivity contribution in [1.82, 2.24) is 64.4 Å². The number of carbonyl (C=O) groups is 3. The fourth-order valence-corrected chi connectivity index (χ4v) is 9.52. The Morgan fingerprint density at radius 1 is 0.529 bits per heavy atom. The number of nitrogens with one attached hydrogen (secondary N) is 4. The lowest BCUT2D eigenvalue weighted by atomic mass is 10.0. The summed E-state index contributed by atoms with van der Waals surface area (Å²) < 4.78 is 0. The highest BCUT2D eigenvalue weighted by molar-refractivity contribution is 6.00. The van der Waals surface area contributed by atoms with Gasteiger partial charge in [-0.05, 0) is 111 Å². The van der Waals surface area contributed by atoms with Crippen LogP contribution in [-0.2, 0) is 0 Å². The van der Waals surface area contributed by atoms with E-state index in [4.69, 9.17) is 0 Å². The average molecular weight is 936 g/mol. The fraction of sp³-hybridized carbons (Fsp3) is 0.288. The Kier molecular flexibility index (Phi) is 12.3. The van der Waals surface area contributed by atoms with E-state index in [0.29, 0.717) is 36.4 Å². The molecule has 2 aromatic carbocycles. The number of amides is 4. The highest BCUT2D eigenvalue weighted by Gasteiger charge is 2.35. The third kappa shape index (κ3) is 9.71. The third-order valence-corrected chi connectivity index (χ3v) is 13.5. The van der Waals surface area contributed by atoms with Gasteiger partial charge in [0.2, 0.25) is 11.9 Å². The quantitative estimate of drug-likeness (QED) is 0.106. The smallest absolute Gasteiger partial charge is 0.320 e. The maximum atomic E-state index is 13.2. The Balaban J connectivity index is 0.000000153. The Morgan fingerprint density at radius 3 is 1.53 bits per heavy atom. The molecule has 6 aromatic heterocycles. The average Bonchev–Trinajstić information content (AvgIpc) is 3.90. The molecule has 4 aliphatic rings. The molecular formula is C52H53N15O3. The molecule has 0 unspecified atom stereocenters. The van der Waals surface area contributed by atoms with Crippen molar-refractivity contribution in [3.63, 3.8) is 0 Å². The van der Waals surface area contributed by atoms with E-state index in [2.05, 4.69) is 55.4 Å². The number of urea groups is 1. The highest BCUT2D eigenvalue weighted by atomic mass is 16.2. The number of likely N-dealkylation sites (N-methyl/N-ethyl adjacent to an activating group) is 1. The number of aromatic amines is 2. The van der Waals surface area contributed by atoms with Crippen LogP contribution in [0.1, 0.15) is 46.7 Å². The van der Waals surface area contributed by atoms with Gasteiger partial charge in [0, 0.05) is 129 Å². The molecule has 9 heterocycles. The standard InChI is InChI=1S/C27H28N8O2.C25H25N7O/c1-33-14-15-35(27(33)37)20-8-12-34(13-9-20)25(36)24-17-18-16-19(5-6-21(18)31-24)30-26-29-11-7-23(32-26)22-4-2-3-10-28-22;33-24(32-13-11-31(12-14-32)19-5-6-19)23-16-17-15-18(4-7-20(17)29-23)28-25-27-10-8-22(30-25)21-3-1-2-9-26-21/h2-7,10-11,16-17,20,31H,8-9,12-15H2,1H3,(H,29,30,32);1-4,7-10,15-16,19,29H,5-6,11-14H2,(H,27,28,30). The molecule has 0 spiro atoms. The predicted molar refractivity (Wildman–Crippen MR) is 268 cm³/mol. The molecule has 3 aliphatic heterocycles. The molecular weight excluding hydrogens is 883 g/mol. The van der Waals surface area contributed by atoms with Crippen molar-refractivity contribution in [2.75, 3.05) is 70.0 Å². The second-order valence-electron chi connectivity index (χ2n) is 18.2. The Morgan fingerprint density at radius 2 is 1.06 bits per heavy atom. The molecule has 354 valence electrons. The minimum atomic E-state index is -0.0135. The Labute approximate surface area is 404 Å². The minimum Gasteiger partial charge on any atom is -0.351 e. The number of hydrogen-bond acceptors (Lipinski definition) is 12. The van der Waals surface area contributed by atoms with E-state index in [1.165, 1.54) is 12.8 Å². The van der Waals surface area contributed by atoms with Gasteiger partial charge in [-0.15, -0.1) is 0 Å². The number of H-pyrrole nitrogens is 2. The van der Waals surface area contributed by atoms with Crippen LogP contribution in [0.2, 0.25) is 0 Å². The number of pyridine rings is 2. The van der Waals surface area contributed by atoms with Gasteiger partial charge in [-0.25, -0.2) is 24.7 Å². The molecule has 18 heteroatoms. The van der Waals surface area contributed by atoms with Crippen LogP contribution in [0.3, 0.4) is 0 Å². The topological polar surface area (TPSA) is 200 Å². The summed E-state index contributed by atoms with van der Waals surface area (Å²) in [4.78, 5) is 81.7. The van der Waals surface area contributed by atoms with Gasteiger partial charge >= 0.3 is 6.03 Å². The van der Waals surface area contributed by atoms with Crippen molar-refractivity contribution >= 4 is 62.9 Å². The number of fused-ring (bicyclic) bond motifs is 2. The first kappa shape index (κ1) is 44.3. The zero-order valence-corrected chi connectivity index (χ0v) is 38.8. The molecule has 4 amide bonds. The lowest BCUT2D eigenvalue weighted by Crippen LogP contribution is -2.49. The van der Waals surface area contributed by atoms with Gasteiger partial charge in [0.1, 0.15) is 11.4 Å². The van der Waals surface area contributed by atoms with Crippen LogP contribution in [0.25, 0.3) is 44.6 Å². The van der Waals surface area contributed by atoms with Crippen LogP contribution in [-0.4, -0.2) is 154 Å². The van der Waals surface area contributed by atoms with Crippen LogP contribution >= 0.6 is 0 Å². The maximum Gasteiger partial charge on any atom is 0.320 e. The molecule has 12 rings (SSSR count). The number of nitrogens with zero attached hydrogens (tertiary/aromatic N) is 11. The molecule has 1 saturated carbocycles. The monoisotopic (exact) mass is 935 g/mol. The van der Waals surface area contributed by atoms with Crippen molar-refractivity contribution in [1.29, 1.82) is 0 Å². The lowest BCUT2D eigenvalue weighted by Gasteiger charge is -2.36. The van der Waals surface area contributed by atoms with Crippen molar-refractivity contribution in [2.45, 2.75) is 37.8 Å². The molecule has 70 heavy (non-hydrogen) atoms. The fourth-order valence-electron chi connectivity index (χ4n) is 9.52. The summed E-state index contributed by atoms with van der Waals surface area (Å²) in [6.07, 6.45) is 11.1. The molecule has 0 atom stereocenters. The van der Waals surface area contributed by atoms with Gasteiger partial charge in [-0.2, -0.15) is 0 Å². The van der Waals surface area contributed by atoms with E-state index in [1.54, 1.807) is 29.7 Å². The van der Waals surface area contributed by atoms with Crippen LogP contribution in [0, 0.1) is 0 Å². The van der Waals surface area contributed by atoms with Crippen LogP contribution in [0.4, 0.5) is 28.1 Å². The van der Waals surface area contributed by atoms with E-state index in [1.807, 2.05) is 119 Å². The van der Waals surface area contributed by atoms with Gasteiger partial charge in [-0.3, -0.25) is 24.5 Å². The molecule has 18 nitrogen and oxygen atoms in total. The van der Waals surface area contributed by atoms with Gasteiger partial charge in [0.05, 0.1) is 22.8 Å². The lowest BCUT2D eigenvalue weighted by molar-refractivity contribution is 0.0621. The van der Waals surface area contributed by atoms with Gasteiger partial charge in [-0.1, -0.05) is 12.1 Å². The van der Waals surface area contributed by atoms with Gasteiger partial charge in [0.25, 0.3) is 11.8 Å².